The quantitative estimate of drug-likeness (QED) is 0.121. The number of benzene rings is 7. The van der Waals surface area contributed by atoms with Gasteiger partial charge < -0.3 is 14.9 Å². The van der Waals surface area contributed by atoms with Crippen LogP contribution in [-0.4, -0.2) is 9.52 Å². The molecule has 2 radical (unpaired) electrons. The Hall–Kier alpha value is -4.62. The molecule has 0 saturated carbocycles. The molecule has 0 amide bonds. The van der Waals surface area contributed by atoms with Crippen LogP contribution in [0.5, 0.6) is 0 Å². The van der Waals surface area contributed by atoms with E-state index in [2.05, 4.69) is 190 Å². The minimum atomic E-state index is 0. The van der Waals surface area contributed by atoms with E-state index in [1.807, 2.05) is 6.07 Å². The van der Waals surface area contributed by atoms with Gasteiger partial charge >= 0.3 is 26.2 Å². The molecule has 260 valence electrons. The van der Waals surface area contributed by atoms with Gasteiger partial charge in [-0.1, -0.05) is 164 Å². The summed E-state index contributed by atoms with van der Waals surface area (Å²) in [5, 5.41) is 12.1. The summed E-state index contributed by atoms with van der Waals surface area (Å²) in [6, 6.07) is 63.4. The molecule has 0 heterocycles. The molecule has 9 rings (SSSR count). The third kappa shape index (κ3) is 9.13. The smallest absolute Gasteiger partial charge is 0.358 e. The fourth-order valence-corrected chi connectivity index (χ4v) is 7.52. The van der Waals surface area contributed by atoms with E-state index in [0.29, 0.717) is 0 Å². The van der Waals surface area contributed by atoms with Crippen molar-refractivity contribution in [3.63, 3.8) is 0 Å². The monoisotopic (exact) mass is 778 g/mol. The van der Waals surface area contributed by atoms with Crippen molar-refractivity contribution in [3.8, 4) is 22.3 Å². The van der Waals surface area contributed by atoms with Crippen molar-refractivity contribution in [3.05, 3.63) is 202 Å². The fourth-order valence-electron chi connectivity index (χ4n) is 7.00. The Morgan fingerprint density at radius 3 is 1.17 bits per heavy atom. The van der Waals surface area contributed by atoms with Crippen LogP contribution in [0.1, 0.15) is 25.0 Å². The molecule has 53 heavy (non-hydrogen) atoms. The van der Waals surface area contributed by atoms with Gasteiger partial charge in [-0.25, -0.2) is 0 Å². The van der Waals surface area contributed by atoms with Crippen LogP contribution in [-0.2, 0) is 39.0 Å². The van der Waals surface area contributed by atoms with Gasteiger partial charge in [0.1, 0.15) is 0 Å². The minimum Gasteiger partial charge on any atom is -0.358 e. The largest absolute Gasteiger partial charge is 4.00 e. The van der Waals surface area contributed by atoms with Crippen molar-refractivity contribution >= 4 is 57.8 Å². The van der Waals surface area contributed by atoms with Gasteiger partial charge in [0.15, 0.2) is 0 Å². The molecule has 0 spiro atoms. The first-order chi connectivity index (χ1) is 24.7. The molecule has 0 N–H and O–H groups in total. The molecule has 0 bridgehead atoms. The Kier molecular flexibility index (Phi) is 15.1. The van der Waals surface area contributed by atoms with Gasteiger partial charge in [0, 0.05) is 0 Å². The van der Waals surface area contributed by atoms with Crippen molar-refractivity contribution < 1.29 is 26.2 Å². The molecule has 9 aromatic rings. The Bertz CT molecular complexity index is 2330. The second-order valence-electron chi connectivity index (χ2n) is 12.7. The van der Waals surface area contributed by atoms with Gasteiger partial charge in [-0.15, -0.1) is 69.1 Å². The maximum atomic E-state index is 2.34. The molecule has 2 heteroatoms. The van der Waals surface area contributed by atoms with E-state index in [1.54, 1.807) is 0 Å². The van der Waals surface area contributed by atoms with E-state index in [9.17, 15) is 0 Å². The first-order valence-corrected chi connectivity index (χ1v) is 19.2. The van der Waals surface area contributed by atoms with E-state index in [4.69, 9.17) is 0 Å². The number of hydrogen-bond acceptors (Lipinski definition) is 0. The fraction of sp³-hybridized carbons (Fsp3) is 0.0980. The zero-order valence-corrected chi connectivity index (χ0v) is 35.1. The predicted octanol–water partition coefficient (Wildman–Crippen LogP) is 13.8. The number of fused-ring (bicyclic) bond motifs is 4. The topological polar surface area (TPSA) is 0 Å². The molecule has 0 aliphatic carbocycles. The number of hydrogen-bond donors (Lipinski definition) is 0. The first kappa shape index (κ1) is 41.1. The summed E-state index contributed by atoms with van der Waals surface area (Å²) >= 11 is 0. The zero-order valence-electron chi connectivity index (χ0n) is 31.7. The molecule has 0 saturated heterocycles. The Labute approximate surface area is 339 Å². The number of rotatable bonds is 5. The van der Waals surface area contributed by atoms with Gasteiger partial charge in [0.05, 0.1) is 9.52 Å². The molecule has 0 aromatic heterocycles. The van der Waals surface area contributed by atoms with Gasteiger partial charge in [-0.05, 0) is 45.5 Å². The standard InChI is InChI=1S/2C21H17.C7H8Si.2CH3.Zr/c2*1-2-15-13-17-9-6-12-20(21(17)14-15)19-11-5-8-16-7-3-4-10-18(16)19;1-8-7-5-3-2-4-6-7;;;/h2*3-14H,2H2,1H3;2-6H,1H3;2*1H3;/q2*-1;;2*-1;+4. The van der Waals surface area contributed by atoms with Gasteiger partial charge in [-0.3, -0.25) is 0 Å². The maximum absolute atomic E-state index is 2.34. The van der Waals surface area contributed by atoms with E-state index in [1.165, 1.54) is 81.7 Å². The predicted molar refractivity (Wildman–Crippen MR) is 234 cm³/mol. The first-order valence-electron chi connectivity index (χ1n) is 17.7. The molecule has 0 aliphatic heterocycles. The summed E-state index contributed by atoms with van der Waals surface area (Å²) in [6.07, 6.45) is 2.17. The third-order valence-electron chi connectivity index (χ3n) is 9.66. The molecular formula is C51H48SiZr. The van der Waals surface area contributed by atoms with E-state index in [-0.39, 0.29) is 41.1 Å². The van der Waals surface area contributed by atoms with Crippen molar-refractivity contribution in [1.29, 1.82) is 0 Å². The van der Waals surface area contributed by atoms with Crippen LogP contribution < -0.4 is 5.19 Å². The third-order valence-corrected chi connectivity index (χ3v) is 10.6. The average Bonchev–Trinajstić information content (AvgIpc) is 3.83. The summed E-state index contributed by atoms with van der Waals surface area (Å²) in [5.41, 5.74) is 8.15. The minimum absolute atomic E-state index is 0. The van der Waals surface area contributed by atoms with Crippen LogP contribution >= 0.6 is 0 Å². The Morgan fingerprint density at radius 1 is 0.415 bits per heavy atom. The molecule has 0 unspecified atom stereocenters. The molecule has 0 atom stereocenters. The van der Waals surface area contributed by atoms with Crippen molar-refractivity contribution in [2.75, 3.05) is 0 Å². The maximum Gasteiger partial charge on any atom is 4.00 e. The molecule has 0 nitrogen and oxygen atoms in total. The second-order valence-corrected chi connectivity index (χ2v) is 13.8. The van der Waals surface area contributed by atoms with E-state index >= 15 is 0 Å². The normalized spacial score (nSPS) is 10.3. The summed E-state index contributed by atoms with van der Waals surface area (Å²) in [7, 11) is 0.930. The van der Waals surface area contributed by atoms with Crippen LogP contribution in [0.4, 0.5) is 0 Å². The van der Waals surface area contributed by atoms with Gasteiger partial charge in [0.2, 0.25) is 0 Å². The van der Waals surface area contributed by atoms with Crippen LogP contribution in [0.15, 0.2) is 176 Å². The van der Waals surface area contributed by atoms with E-state index in [0.717, 1.165) is 22.4 Å². The molecule has 0 fully saturated rings. The van der Waals surface area contributed by atoms with Crippen LogP contribution in [0.3, 0.4) is 0 Å². The van der Waals surface area contributed by atoms with Gasteiger partial charge in [-0.2, -0.15) is 12.1 Å². The van der Waals surface area contributed by atoms with Crippen LogP contribution in [0.25, 0.3) is 65.3 Å². The second kappa shape index (κ2) is 19.5. The molecule has 0 aliphatic rings. The summed E-state index contributed by atoms with van der Waals surface area (Å²) in [6.45, 7) is 6.62. The van der Waals surface area contributed by atoms with Crippen molar-refractivity contribution in [2.24, 2.45) is 0 Å². The zero-order chi connectivity index (χ0) is 34.3. The van der Waals surface area contributed by atoms with Crippen molar-refractivity contribution in [1.82, 2.24) is 0 Å². The Morgan fingerprint density at radius 2 is 0.774 bits per heavy atom. The summed E-state index contributed by atoms with van der Waals surface area (Å²) < 4.78 is 0. The summed E-state index contributed by atoms with van der Waals surface area (Å²) in [5.74, 6) is 0. The summed E-state index contributed by atoms with van der Waals surface area (Å²) in [4.78, 5) is 0. The molecular weight excluding hydrogens is 732 g/mol. The Balaban J connectivity index is 0.000000188. The SMILES string of the molecule is CCc1cc2c(-c3cccc4ccccc34)cccc2[cH-]1.CCc1cc2c(-c3cccc4ccccc34)cccc2[cH-]1.C[Si]c1ccccc1.[CH3-].[CH3-].[Zr+4]. The van der Waals surface area contributed by atoms with E-state index < -0.39 is 0 Å². The molecule has 9 aromatic carbocycles. The average molecular weight is 780 g/mol. The van der Waals surface area contributed by atoms with Crippen molar-refractivity contribution in [2.45, 2.75) is 33.2 Å². The number of aryl methyl sites for hydroxylation is 2. The van der Waals surface area contributed by atoms with Gasteiger partial charge in [0.25, 0.3) is 0 Å². The van der Waals surface area contributed by atoms with Crippen LogP contribution in [0, 0.1) is 14.9 Å². The van der Waals surface area contributed by atoms with Crippen LogP contribution in [0.2, 0.25) is 6.55 Å².